The molecule has 0 radical (unpaired) electrons. The van der Waals surface area contributed by atoms with E-state index in [1.54, 1.807) is 0 Å². The summed E-state index contributed by atoms with van der Waals surface area (Å²) >= 11 is 0. The molecule has 4 nitrogen and oxygen atoms in total. The number of rotatable bonds is 5. The number of nitrogens with zero attached hydrogens (tertiary/aromatic N) is 1. The Morgan fingerprint density at radius 3 is 2.20 bits per heavy atom. The number of benzene rings is 1. The SMILES string of the molecule is O=C(O)CN(CC1CC1)C(=O)c1cc(F)c(F)c(F)c1. The molecule has 0 saturated heterocycles. The van der Waals surface area contributed by atoms with E-state index in [9.17, 15) is 22.8 Å². The fourth-order valence-corrected chi connectivity index (χ4v) is 1.86. The molecule has 0 aromatic heterocycles. The second-order valence-electron chi connectivity index (χ2n) is 4.78. The third kappa shape index (κ3) is 3.28. The van der Waals surface area contributed by atoms with Crippen LogP contribution in [0.25, 0.3) is 0 Å². The number of halogens is 3. The summed E-state index contributed by atoms with van der Waals surface area (Å²) in [7, 11) is 0. The summed E-state index contributed by atoms with van der Waals surface area (Å²) in [5, 5.41) is 8.76. The van der Waals surface area contributed by atoms with E-state index in [0.29, 0.717) is 12.1 Å². The van der Waals surface area contributed by atoms with Crippen molar-refractivity contribution in [2.45, 2.75) is 12.8 Å². The maximum absolute atomic E-state index is 13.1. The van der Waals surface area contributed by atoms with E-state index in [1.807, 2.05) is 0 Å². The molecule has 0 atom stereocenters. The number of hydrogen-bond acceptors (Lipinski definition) is 2. The Balaban J connectivity index is 2.23. The summed E-state index contributed by atoms with van der Waals surface area (Å²) in [5.41, 5.74) is -0.400. The van der Waals surface area contributed by atoms with E-state index in [1.165, 1.54) is 0 Å². The van der Waals surface area contributed by atoms with Crippen LogP contribution in [-0.2, 0) is 4.79 Å². The molecule has 7 heteroatoms. The van der Waals surface area contributed by atoms with Crippen LogP contribution in [0.2, 0.25) is 0 Å². The third-order valence-corrected chi connectivity index (χ3v) is 3.02. The molecule has 1 aliphatic rings. The van der Waals surface area contributed by atoms with Crippen molar-refractivity contribution in [2.24, 2.45) is 5.92 Å². The van der Waals surface area contributed by atoms with Gasteiger partial charge in [-0.3, -0.25) is 9.59 Å². The first-order valence-corrected chi connectivity index (χ1v) is 6.04. The fourth-order valence-electron chi connectivity index (χ4n) is 1.86. The van der Waals surface area contributed by atoms with Gasteiger partial charge in [-0.15, -0.1) is 0 Å². The normalized spacial score (nSPS) is 14.2. The van der Waals surface area contributed by atoms with Gasteiger partial charge in [-0.05, 0) is 30.9 Å². The Bertz CT molecular complexity index is 535. The second kappa shape index (κ2) is 5.52. The molecule has 0 bridgehead atoms. The standard InChI is InChI=1S/C13H12F3NO3/c14-9-3-8(4-10(15)12(9)16)13(20)17(6-11(18)19)5-7-1-2-7/h3-4,7H,1-2,5-6H2,(H,18,19). The van der Waals surface area contributed by atoms with E-state index < -0.39 is 41.4 Å². The van der Waals surface area contributed by atoms with Crippen LogP contribution >= 0.6 is 0 Å². The number of amides is 1. The minimum absolute atomic E-state index is 0.214. The van der Waals surface area contributed by atoms with Crippen LogP contribution in [-0.4, -0.2) is 35.0 Å². The maximum atomic E-state index is 13.1. The molecule has 0 heterocycles. The molecule has 2 rings (SSSR count). The minimum Gasteiger partial charge on any atom is -0.480 e. The molecule has 1 fully saturated rings. The minimum atomic E-state index is -1.66. The Morgan fingerprint density at radius 2 is 1.75 bits per heavy atom. The van der Waals surface area contributed by atoms with Crippen LogP contribution in [0.4, 0.5) is 13.2 Å². The molecule has 1 N–H and O–H groups in total. The molecule has 108 valence electrons. The smallest absolute Gasteiger partial charge is 0.323 e. The Morgan fingerprint density at radius 1 is 1.20 bits per heavy atom. The Labute approximate surface area is 112 Å². The summed E-state index contributed by atoms with van der Waals surface area (Å²) in [5.74, 6) is -6.44. The molecule has 20 heavy (non-hydrogen) atoms. The Hall–Kier alpha value is -2.05. The average Bonchev–Trinajstić information content (AvgIpc) is 3.17. The van der Waals surface area contributed by atoms with Crippen molar-refractivity contribution < 1.29 is 27.9 Å². The van der Waals surface area contributed by atoms with Gasteiger partial charge >= 0.3 is 5.97 Å². The molecule has 1 amide bonds. The number of hydrogen-bond donors (Lipinski definition) is 1. The Kier molecular flexibility index (Phi) is 3.96. The monoisotopic (exact) mass is 287 g/mol. The van der Waals surface area contributed by atoms with Gasteiger partial charge in [-0.25, -0.2) is 13.2 Å². The topological polar surface area (TPSA) is 57.6 Å². The molecule has 0 spiro atoms. The van der Waals surface area contributed by atoms with Crippen molar-refractivity contribution >= 4 is 11.9 Å². The molecular formula is C13H12F3NO3. The zero-order valence-electron chi connectivity index (χ0n) is 10.4. The van der Waals surface area contributed by atoms with E-state index >= 15 is 0 Å². The van der Waals surface area contributed by atoms with Crippen LogP contribution in [0.3, 0.4) is 0 Å². The highest BCUT2D eigenvalue weighted by Gasteiger charge is 2.29. The molecule has 0 aliphatic heterocycles. The van der Waals surface area contributed by atoms with Gasteiger partial charge in [0.15, 0.2) is 17.5 Å². The van der Waals surface area contributed by atoms with Crippen LogP contribution in [0.1, 0.15) is 23.2 Å². The van der Waals surface area contributed by atoms with Gasteiger partial charge in [-0.1, -0.05) is 0 Å². The zero-order valence-corrected chi connectivity index (χ0v) is 10.4. The maximum Gasteiger partial charge on any atom is 0.323 e. The summed E-state index contributed by atoms with van der Waals surface area (Å²) in [6.07, 6.45) is 1.77. The first-order chi connectivity index (χ1) is 9.38. The molecule has 1 aliphatic carbocycles. The summed E-state index contributed by atoms with van der Waals surface area (Å²) in [4.78, 5) is 23.8. The lowest BCUT2D eigenvalue weighted by Crippen LogP contribution is -2.37. The lowest BCUT2D eigenvalue weighted by Gasteiger charge is -2.20. The van der Waals surface area contributed by atoms with Crippen molar-refractivity contribution in [1.29, 1.82) is 0 Å². The largest absolute Gasteiger partial charge is 0.480 e. The van der Waals surface area contributed by atoms with Crippen LogP contribution < -0.4 is 0 Å². The van der Waals surface area contributed by atoms with E-state index in [2.05, 4.69) is 0 Å². The number of carbonyl (C=O) groups is 2. The van der Waals surface area contributed by atoms with Crippen molar-refractivity contribution in [3.63, 3.8) is 0 Å². The van der Waals surface area contributed by atoms with Crippen LogP contribution in [0.5, 0.6) is 0 Å². The second-order valence-corrected chi connectivity index (χ2v) is 4.78. The summed E-state index contributed by atoms with van der Waals surface area (Å²) in [6.45, 7) is -0.346. The van der Waals surface area contributed by atoms with Gasteiger partial charge < -0.3 is 10.0 Å². The van der Waals surface area contributed by atoms with E-state index in [4.69, 9.17) is 5.11 Å². The summed E-state index contributed by atoms with van der Waals surface area (Å²) in [6, 6.07) is 1.14. The van der Waals surface area contributed by atoms with E-state index in [0.717, 1.165) is 17.7 Å². The van der Waals surface area contributed by atoms with Gasteiger partial charge in [0.05, 0.1) is 0 Å². The third-order valence-electron chi connectivity index (χ3n) is 3.02. The molecular weight excluding hydrogens is 275 g/mol. The van der Waals surface area contributed by atoms with Crippen LogP contribution in [0, 0.1) is 23.4 Å². The zero-order chi connectivity index (χ0) is 14.9. The highest BCUT2D eigenvalue weighted by Crippen LogP contribution is 2.30. The molecule has 1 aromatic carbocycles. The molecule has 0 unspecified atom stereocenters. The first-order valence-electron chi connectivity index (χ1n) is 6.04. The van der Waals surface area contributed by atoms with Gasteiger partial charge in [-0.2, -0.15) is 0 Å². The highest BCUT2D eigenvalue weighted by atomic mass is 19.2. The molecule has 1 aromatic rings. The van der Waals surface area contributed by atoms with E-state index in [-0.39, 0.29) is 12.5 Å². The number of carbonyl (C=O) groups excluding carboxylic acids is 1. The van der Waals surface area contributed by atoms with Gasteiger partial charge in [0.2, 0.25) is 0 Å². The summed E-state index contributed by atoms with van der Waals surface area (Å²) < 4.78 is 39.0. The lowest BCUT2D eigenvalue weighted by atomic mass is 10.1. The van der Waals surface area contributed by atoms with Crippen molar-refractivity contribution in [1.82, 2.24) is 4.90 Å². The van der Waals surface area contributed by atoms with Crippen molar-refractivity contribution in [3.05, 3.63) is 35.1 Å². The molecule has 1 saturated carbocycles. The predicted octanol–water partition coefficient (Wildman–Crippen LogP) is 2.04. The number of aliphatic carboxylic acids is 1. The van der Waals surface area contributed by atoms with Crippen molar-refractivity contribution in [3.8, 4) is 0 Å². The number of carboxylic acid groups (broad SMARTS) is 1. The first kappa shape index (κ1) is 14.4. The number of carboxylic acids is 1. The van der Waals surface area contributed by atoms with Crippen molar-refractivity contribution in [2.75, 3.05) is 13.1 Å². The highest BCUT2D eigenvalue weighted by molar-refractivity contribution is 5.95. The lowest BCUT2D eigenvalue weighted by molar-refractivity contribution is -0.137. The predicted molar refractivity (Wildman–Crippen MR) is 62.6 cm³/mol. The van der Waals surface area contributed by atoms with Gasteiger partial charge in [0, 0.05) is 12.1 Å². The quantitative estimate of drug-likeness (QED) is 0.843. The fraction of sp³-hybridized carbons (Fsp3) is 0.385. The van der Waals surface area contributed by atoms with Gasteiger partial charge in [0.25, 0.3) is 5.91 Å². The van der Waals surface area contributed by atoms with Gasteiger partial charge in [0.1, 0.15) is 6.54 Å². The average molecular weight is 287 g/mol. The van der Waals surface area contributed by atoms with Crippen LogP contribution in [0.15, 0.2) is 12.1 Å².